The average molecular weight is 284 g/mol. The number of rotatable bonds is 1. The summed E-state index contributed by atoms with van der Waals surface area (Å²) >= 11 is 3.41. The normalized spacial score (nSPS) is 10.8. The van der Waals surface area contributed by atoms with Crippen LogP contribution in [0.4, 0.5) is 10.1 Å². The fourth-order valence-electron chi connectivity index (χ4n) is 1.55. The van der Waals surface area contributed by atoms with Crippen LogP contribution in [-0.4, -0.2) is 9.78 Å². The highest BCUT2D eigenvalue weighted by Gasteiger charge is 2.13. The van der Waals surface area contributed by atoms with E-state index in [9.17, 15) is 4.39 Å². The van der Waals surface area contributed by atoms with Crippen molar-refractivity contribution in [1.82, 2.24) is 9.78 Å². The molecule has 1 aromatic heterocycles. The van der Waals surface area contributed by atoms with Gasteiger partial charge in [0.1, 0.15) is 5.69 Å². The molecule has 0 aliphatic heterocycles. The molecule has 1 aromatic carbocycles. The van der Waals surface area contributed by atoms with Crippen LogP contribution in [0, 0.1) is 19.7 Å². The molecule has 0 aliphatic rings. The van der Waals surface area contributed by atoms with Crippen LogP contribution in [0.25, 0.3) is 5.69 Å². The smallest absolute Gasteiger partial charge is 0.150 e. The second-order valence-electron chi connectivity index (χ2n) is 3.61. The van der Waals surface area contributed by atoms with Crippen LogP contribution in [0.5, 0.6) is 0 Å². The van der Waals surface area contributed by atoms with Crippen molar-refractivity contribution in [2.75, 3.05) is 5.73 Å². The number of benzene rings is 1. The maximum absolute atomic E-state index is 13.7. The van der Waals surface area contributed by atoms with Crippen molar-refractivity contribution in [3.63, 3.8) is 0 Å². The third kappa shape index (κ3) is 1.71. The first-order valence-corrected chi connectivity index (χ1v) is 5.57. The fourth-order valence-corrected chi connectivity index (χ4v) is 1.80. The Morgan fingerprint density at radius 3 is 2.56 bits per heavy atom. The lowest BCUT2D eigenvalue weighted by molar-refractivity contribution is 0.608. The van der Waals surface area contributed by atoms with E-state index in [1.54, 1.807) is 16.8 Å². The minimum Gasteiger partial charge on any atom is -0.399 e. The van der Waals surface area contributed by atoms with Gasteiger partial charge in [-0.2, -0.15) is 5.10 Å². The molecule has 0 bridgehead atoms. The van der Waals surface area contributed by atoms with Crippen molar-refractivity contribution in [1.29, 1.82) is 0 Å². The molecule has 84 valence electrons. The Morgan fingerprint density at radius 2 is 2.06 bits per heavy atom. The first kappa shape index (κ1) is 11.1. The van der Waals surface area contributed by atoms with E-state index in [4.69, 9.17) is 5.73 Å². The van der Waals surface area contributed by atoms with E-state index in [1.807, 2.05) is 13.8 Å². The predicted molar refractivity (Wildman–Crippen MR) is 65.1 cm³/mol. The Balaban J connectivity index is 2.63. The Kier molecular flexibility index (Phi) is 2.71. The van der Waals surface area contributed by atoms with Gasteiger partial charge in [-0.1, -0.05) is 0 Å². The van der Waals surface area contributed by atoms with Crippen LogP contribution in [0.2, 0.25) is 0 Å². The van der Waals surface area contributed by atoms with Gasteiger partial charge in [-0.05, 0) is 48.0 Å². The number of aryl methyl sites for hydroxylation is 1. The van der Waals surface area contributed by atoms with Gasteiger partial charge in [-0.25, -0.2) is 9.07 Å². The topological polar surface area (TPSA) is 43.8 Å². The van der Waals surface area contributed by atoms with Crippen molar-refractivity contribution in [2.24, 2.45) is 0 Å². The van der Waals surface area contributed by atoms with E-state index < -0.39 is 0 Å². The predicted octanol–water partition coefficient (Wildman–Crippen LogP) is 2.97. The summed E-state index contributed by atoms with van der Waals surface area (Å²) in [7, 11) is 0. The summed E-state index contributed by atoms with van der Waals surface area (Å²) in [5.74, 6) is -0.377. The van der Waals surface area contributed by atoms with Crippen LogP contribution < -0.4 is 5.73 Å². The van der Waals surface area contributed by atoms with Gasteiger partial charge in [0.15, 0.2) is 5.82 Å². The number of hydrogen-bond donors (Lipinski definition) is 1. The van der Waals surface area contributed by atoms with Gasteiger partial charge < -0.3 is 5.73 Å². The molecule has 16 heavy (non-hydrogen) atoms. The number of nitrogen functional groups attached to an aromatic ring is 1. The van der Waals surface area contributed by atoms with Crippen molar-refractivity contribution in [3.05, 3.63) is 39.9 Å². The largest absolute Gasteiger partial charge is 0.399 e. The maximum Gasteiger partial charge on any atom is 0.150 e. The number of nitrogens with zero attached hydrogens (tertiary/aromatic N) is 2. The number of anilines is 1. The molecule has 0 radical (unpaired) electrons. The molecule has 1 heterocycles. The minimum atomic E-state index is -0.377. The zero-order valence-electron chi connectivity index (χ0n) is 8.96. The van der Waals surface area contributed by atoms with Gasteiger partial charge in [-0.3, -0.25) is 0 Å². The average Bonchev–Trinajstić information content (AvgIpc) is 2.46. The molecular formula is C11H11BrFN3. The van der Waals surface area contributed by atoms with Gasteiger partial charge in [0.2, 0.25) is 0 Å². The second-order valence-corrected chi connectivity index (χ2v) is 4.40. The molecule has 2 N–H and O–H groups in total. The molecule has 0 unspecified atom stereocenters. The van der Waals surface area contributed by atoms with Crippen LogP contribution in [0.1, 0.15) is 11.4 Å². The quantitative estimate of drug-likeness (QED) is 0.818. The van der Waals surface area contributed by atoms with Crippen LogP contribution in [0.3, 0.4) is 0 Å². The monoisotopic (exact) mass is 283 g/mol. The van der Waals surface area contributed by atoms with Gasteiger partial charge in [0.25, 0.3) is 0 Å². The van der Waals surface area contributed by atoms with Gasteiger partial charge in [-0.15, -0.1) is 0 Å². The highest BCUT2D eigenvalue weighted by molar-refractivity contribution is 9.10. The number of nitrogens with two attached hydrogens (primary N) is 1. The van der Waals surface area contributed by atoms with Gasteiger partial charge in [0.05, 0.1) is 15.9 Å². The molecule has 0 fully saturated rings. The highest BCUT2D eigenvalue weighted by atomic mass is 79.9. The lowest BCUT2D eigenvalue weighted by atomic mass is 10.2. The van der Waals surface area contributed by atoms with E-state index in [0.29, 0.717) is 11.4 Å². The van der Waals surface area contributed by atoms with E-state index in [2.05, 4.69) is 21.0 Å². The van der Waals surface area contributed by atoms with Crippen molar-refractivity contribution >= 4 is 21.6 Å². The highest BCUT2D eigenvalue weighted by Crippen LogP contribution is 2.24. The zero-order valence-corrected chi connectivity index (χ0v) is 10.5. The first-order chi connectivity index (χ1) is 7.50. The first-order valence-electron chi connectivity index (χ1n) is 4.78. The third-order valence-electron chi connectivity index (χ3n) is 2.40. The molecule has 2 aromatic rings. The van der Waals surface area contributed by atoms with Gasteiger partial charge in [0, 0.05) is 5.69 Å². The third-order valence-corrected chi connectivity index (χ3v) is 3.55. The lowest BCUT2D eigenvalue weighted by Gasteiger charge is -2.06. The van der Waals surface area contributed by atoms with E-state index in [-0.39, 0.29) is 5.82 Å². The van der Waals surface area contributed by atoms with E-state index >= 15 is 0 Å². The molecule has 2 rings (SSSR count). The summed E-state index contributed by atoms with van der Waals surface area (Å²) in [6.07, 6.45) is 0. The van der Waals surface area contributed by atoms with Crippen molar-refractivity contribution in [2.45, 2.75) is 13.8 Å². The minimum absolute atomic E-state index is 0.377. The van der Waals surface area contributed by atoms with Gasteiger partial charge >= 0.3 is 0 Å². The number of hydrogen-bond acceptors (Lipinski definition) is 2. The molecule has 3 nitrogen and oxygen atoms in total. The summed E-state index contributed by atoms with van der Waals surface area (Å²) in [5, 5.41) is 4.26. The Labute approximate surface area is 101 Å². The van der Waals surface area contributed by atoms with Crippen molar-refractivity contribution < 1.29 is 4.39 Å². The summed E-state index contributed by atoms with van der Waals surface area (Å²) in [6, 6.07) is 4.57. The SMILES string of the molecule is Cc1nn(-c2ccc(N)cc2F)c(C)c1Br. The molecule has 0 spiro atoms. The number of halogens is 2. The molecular weight excluding hydrogens is 273 g/mol. The van der Waals surface area contributed by atoms with Crippen molar-refractivity contribution in [3.8, 4) is 5.69 Å². The molecule has 5 heteroatoms. The van der Waals surface area contributed by atoms with E-state index in [0.717, 1.165) is 15.9 Å². The molecule has 0 saturated carbocycles. The summed E-state index contributed by atoms with van der Waals surface area (Å²) in [4.78, 5) is 0. The second kappa shape index (κ2) is 3.90. The molecule has 0 atom stereocenters. The Bertz CT molecular complexity index is 548. The molecule has 0 saturated heterocycles. The standard InChI is InChI=1S/C11H11BrFN3/c1-6-11(12)7(2)16(15-6)10-4-3-8(14)5-9(10)13/h3-5H,14H2,1-2H3. The fraction of sp³-hybridized carbons (Fsp3) is 0.182. The lowest BCUT2D eigenvalue weighted by Crippen LogP contribution is -2.02. The summed E-state index contributed by atoms with van der Waals surface area (Å²) in [5.41, 5.74) is 8.00. The molecule has 0 amide bonds. The molecule has 0 aliphatic carbocycles. The summed E-state index contributed by atoms with van der Waals surface area (Å²) < 4.78 is 16.2. The van der Waals surface area contributed by atoms with E-state index in [1.165, 1.54) is 6.07 Å². The Hall–Kier alpha value is -1.36. The van der Waals surface area contributed by atoms with Crippen LogP contribution in [0.15, 0.2) is 22.7 Å². The maximum atomic E-state index is 13.7. The number of aromatic nitrogens is 2. The summed E-state index contributed by atoms with van der Waals surface area (Å²) in [6.45, 7) is 3.74. The zero-order chi connectivity index (χ0) is 11.9. The van der Waals surface area contributed by atoms with Crippen LogP contribution in [-0.2, 0) is 0 Å². The Morgan fingerprint density at radius 1 is 1.38 bits per heavy atom. The van der Waals surface area contributed by atoms with Crippen LogP contribution >= 0.6 is 15.9 Å².